The minimum atomic E-state index is -4.41. The van der Waals surface area contributed by atoms with Gasteiger partial charge in [0.15, 0.2) is 5.01 Å². The fraction of sp³-hybridized carbons (Fsp3) is 0.750. The highest BCUT2D eigenvalue weighted by Crippen LogP contribution is 2.43. The maximum absolute atomic E-state index is 12.4. The zero-order valence-corrected chi connectivity index (χ0v) is 10.9. The van der Waals surface area contributed by atoms with E-state index in [1.807, 2.05) is 0 Å². The van der Waals surface area contributed by atoms with Crippen molar-refractivity contribution >= 4 is 11.3 Å². The molecule has 1 heterocycles. The second-order valence-electron chi connectivity index (χ2n) is 4.86. The van der Waals surface area contributed by atoms with Crippen LogP contribution in [0.3, 0.4) is 0 Å². The summed E-state index contributed by atoms with van der Waals surface area (Å²) in [4.78, 5) is 3.69. The number of alkyl halides is 3. The van der Waals surface area contributed by atoms with Gasteiger partial charge in [-0.05, 0) is 24.7 Å². The number of rotatable bonds is 3. The fourth-order valence-electron chi connectivity index (χ4n) is 2.56. The molecular formula is C12H16F3NOS. The molecule has 3 unspecified atom stereocenters. The van der Waals surface area contributed by atoms with Crippen molar-refractivity contribution < 1.29 is 18.3 Å². The summed E-state index contributed by atoms with van der Waals surface area (Å²) in [6.45, 7) is 2.11. The van der Waals surface area contributed by atoms with Crippen LogP contribution in [0, 0.1) is 11.8 Å². The summed E-state index contributed by atoms with van der Waals surface area (Å²) in [5, 5.41) is 9.24. The van der Waals surface area contributed by atoms with Gasteiger partial charge < -0.3 is 5.11 Å². The quantitative estimate of drug-likeness (QED) is 0.906. The van der Waals surface area contributed by atoms with E-state index in [4.69, 9.17) is 0 Å². The standard InChI is InChI=1S/C12H16F3NOS/c1-2-7-3-4-8(5-7)10(17)9-6-16-11(18-9)12(13,14)15/h6-8,10,17H,2-5H2,1H3. The summed E-state index contributed by atoms with van der Waals surface area (Å²) in [6, 6.07) is 0. The lowest BCUT2D eigenvalue weighted by Gasteiger charge is -2.16. The van der Waals surface area contributed by atoms with Crippen molar-refractivity contribution in [1.29, 1.82) is 0 Å². The number of aliphatic hydroxyl groups is 1. The van der Waals surface area contributed by atoms with Gasteiger partial charge in [0, 0.05) is 6.20 Å². The molecule has 0 aliphatic heterocycles. The largest absolute Gasteiger partial charge is 0.443 e. The highest BCUT2D eigenvalue weighted by atomic mass is 32.1. The molecule has 0 bridgehead atoms. The van der Waals surface area contributed by atoms with Crippen molar-refractivity contribution in [2.45, 2.75) is 44.9 Å². The van der Waals surface area contributed by atoms with Crippen molar-refractivity contribution in [3.05, 3.63) is 16.1 Å². The monoisotopic (exact) mass is 279 g/mol. The van der Waals surface area contributed by atoms with Gasteiger partial charge in [-0.25, -0.2) is 4.98 Å². The van der Waals surface area contributed by atoms with E-state index in [1.54, 1.807) is 0 Å². The first kappa shape index (κ1) is 13.8. The van der Waals surface area contributed by atoms with E-state index in [1.165, 1.54) is 0 Å². The minimum Gasteiger partial charge on any atom is -0.387 e. The Balaban J connectivity index is 2.05. The zero-order chi connectivity index (χ0) is 13.3. The number of aromatic nitrogens is 1. The van der Waals surface area contributed by atoms with E-state index in [9.17, 15) is 18.3 Å². The highest BCUT2D eigenvalue weighted by molar-refractivity contribution is 7.11. The van der Waals surface area contributed by atoms with Crippen LogP contribution in [0.4, 0.5) is 13.2 Å². The molecule has 0 spiro atoms. The summed E-state index contributed by atoms with van der Waals surface area (Å²) < 4.78 is 37.3. The molecule has 2 nitrogen and oxygen atoms in total. The zero-order valence-electron chi connectivity index (χ0n) is 10.1. The molecule has 1 aliphatic rings. The van der Waals surface area contributed by atoms with E-state index in [0.717, 1.165) is 31.9 Å². The molecule has 18 heavy (non-hydrogen) atoms. The molecule has 0 amide bonds. The second-order valence-corrected chi connectivity index (χ2v) is 5.92. The summed E-state index contributed by atoms with van der Waals surface area (Å²) in [5.41, 5.74) is 0. The van der Waals surface area contributed by atoms with Gasteiger partial charge >= 0.3 is 6.18 Å². The average molecular weight is 279 g/mol. The molecule has 0 radical (unpaired) electrons. The van der Waals surface area contributed by atoms with Crippen LogP contribution < -0.4 is 0 Å². The number of thiazole rings is 1. The predicted octanol–water partition coefficient (Wildman–Crippen LogP) is 4.02. The number of hydrogen-bond acceptors (Lipinski definition) is 3. The van der Waals surface area contributed by atoms with Crippen molar-refractivity contribution in [3.8, 4) is 0 Å². The Morgan fingerprint density at radius 2 is 2.22 bits per heavy atom. The normalized spacial score (nSPS) is 26.5. The molecule has 1 aromatic heterocycles. The van der Waals surface area contributed by atoms with Gasteiger partial charge in [0.25, 0.3) is 0 Å². The van der Waals surface area contributed by atoms with Gasteiger partial charge in [0.1, 0.15) is 0 Å². The topological polar surface area (TPSA) is 33.1 Å². The number of hydrogen-bond donors (Lipinski definition) is 1. The van der Waals surface area contributed by atoms with Crippen LogP contribution in [0.5, 0.6) is 0 Å². The maximum Gasteiger partial charge on any atom is 0.443 e. The molecule has 0 saturated heterocycles. The first-order chi connectivity index (χ1) is 8.41. The molecule has 1 N–H and O–H groups in total. The number of halogens is 3. The Labute approximate surface area is 108 Å². The van der Waals surface area contributed by atoms with Gasteiger partial charge in [0.05, 0.1) is 11.0 Å². The number of aliphatic hydroxyl groups excluding tert-OH is 1. The van der Waals surface area contributed by atoms with Crippen molar-refractivity contribution in [2.24, 2.45) is 11.8 Å². The van der Waals surface area contributed by atoms with E-state index < -0.39 is 17.3 Å². The van der Waals surface area contributed by atoms with Crippen LogP contribution in [0.25, 0.3) is 0 Å². The molecular weight excluding hydrogens is 263 g/mol. The summed E-state index contributed by atoms with van der Waals surface area (Å²) in [6.07, 6.45) is -0.129. The third kappa shape index (κ3) is 2.85. The molecule has 1 aliphatic carbocycles. The van der Waals surface area contributed by atoms with Gasteiger partial charge in [-0.15, -0.1) is 11.3 Å². The first-order valence-electron chi connectivity index (χ1n) is 6.12. The van der Waals surface area contributed by atoms with Gasteiger partial charge in [-0.3, -0.25) is 0 Å². The van der Waals surface area contributed by atoms with Crippen molar-refractivity contribution in [1.82, 2.24) is 4.98 Å². The third-order valence-electron chi connectivity index (χ3n) is 3.66. The summed E-state index contributed by atoms with van der Waals surface area (Å²) in [5.74, 6) is 0.677. The molecule has 102 valence electrons. The second kappa shape index (κ2) is 5.17. The third-order valence-corrected chi connectivity index (χ3v) is 4.78. The van der Waals surface area contributed by atoms with Crippen LogP contribution in [-0.2, 0) is 6.18 Å². The SMILES string of the molecule is CCC1CCC(C(O)c2cnc(C(F)(F)F)s2)C1. The molecule has 1 aromatic rings. The van der Waals surface area contributed by atoms with Crippen LogP contribution in [0.15, 0.2) is 6.20 Å². The van der Waals surface area contributed by atoms with Crippen molar-refractivity contribution in [2.75, 3.05) is 0 Å². The molecule has 6 heteroatoms. The van der Waals surface area contributed by atoms with Crippen molar-refractivity contribution in [3.63, 3.8) is 0 Å². The van der Waals surface area contributed by atoms with E-state index >= 15 is 0 Å². The molecule has 1 fully saturated rings. The van der Waals surface area contributed by atoms with Gasteiger partial charge in [-0.2, -0.15) is 13.2 Å². The van der Waals surface area contributed by atoms with E-state index in [0.29, 0.717) is 22.1 Å². The van der Waals surface area contributed by atoms with E-state index in [2.05, 4.69) is 11.9 Å². The van der Waals surface area contributed by atoms with Gasteiger partial charge in [-0.1, -0.05) is 19.8 Å². The van der Waals surface area contributed by atoms with Crippen LogP contribution in [0.2, 0.25) is 0 Å². The van der Waals surface area contributed by atoms with Crippen LogP contribution in [-0.4, -0.2) is 10.1 Å². The number of nitrogens with zero attached hydrogens (tertiary/aromatic N) is 1. The maximum atomic E-state index is 12.4. The Morgan fingerprint density at radius 1 is 1.50 bits per heavy atom. The van der Waals surface area contributed by atoms with Crippen LogP contribution >= 0.6 is 11.3 Å². The lowest BCUT2D eigenvalue weighted by atomic mass is 9.97. The Hall–Kier alpha value is -0.620. The smallest absolute Gasteiger partial charge is 0.387 e. The summed E-state index contributed by atoms with van der Waals surface area (Å²) >= 11 is 0.557. The minimum absolute atomic E-state index is 0.0801. The predicted molar refractivity (Wildman–Crippen MR) is 63.2 cm³/mol. The lowest BCUT2D eigenvalue weighted by molar-refractivity contribution is -0.137. The summed E-state index contributed by atoms with van der Waals surface area (Å²) in [7, 11) is 0. The lowest BCUT2D eigenvalue weighted by Crippen LogP contribution is -2.08. The van der Waals surface area contributed by atoms with Gasteiger partial charge in [0.2, 0.25) is 0 Å². The highest BCUT2D eigenvalue weighted by Gasteiger charge is 2.37. The van der Waals surface area contributed by atoms with Crippen LogP contribution in [0.1, 0.15) is 48.6 Å². The molecule has 1 saturated carbocycles. The molecule has 2 rings (SSSR count). The Kier molecular flexibility index (Phi) is 3.96. The first-order valence-corrected chi connectivity index (χ1v) is 6.94. The Bertz CT molecular complexity index is 404. The fourth-order valence-corrected chi connectivity index (χ4v) is 3.42. The average Bonchev–Trinajstić information content (AvgIpc) is 2.96. The molecule has 0 aromatic carbocycles. The van der Waals surface area contributed by atoms with E-state index in [-0.39, 0.29) is 5.92 Å². The Morgan fingerprint density at radius 3 is 2.72 bits per heavy atom. The molecule has 3 atom stereocenters.